The van der Waals surface area contributed by atoms with Crippen molar-refractivity contribution < 1.29 is 19.3 Å². The van der Waals surface area contributed by atoms with Crippen LogP contribution in [0.3, 0.4) is 0 Å². The van der Waals surface area contributed by atoms with Gasteiger partial charge in [0.15, 0.2) is 0 Å². The number of phenols is 2. The number of phenolic OH excluding ortho intramolecular Hbond substituents is 2. The van der Waals surface area contributed by atoms with Crippen LogP contribution < -0.4 is 4.74 Å². The number of aryl methyl sites for hydroxylation is 1. The summed E-state index contributed by atoms with van der Waals surface area (Å²) in [5.74, 6) is 2.00. The first kappa shape index (κ1) is 23.5. The minimum atomic E-state index is -0.228. The van der Waals surface area contributed by atoms with Gasteiger partial charge in [-0.15, -0.1) is 0 Å². The highest BCUT2D eigenvalue weighted by Gasteiger charge is 2.26. The van der Waals surface area contributed by atoms with Gasteiger partial charge in [0.05, 0.1) is 12.8 Å². The molecule has 0 heterocycles. The van der Waals surface area contributed by atoms with Crippen LogP contribution in [0.1, 0.15) is 67.2 Å². The fourth-order valence-corrected chi connectivity index (χ4v) is 5.71. The number of alkyl halides is 1. The minimum absolute atomic E-state index is 0.207. The number of fused-ring (bicyclic) bond motifs is 1. The highest BCUT2D eigenvalue weighted by Crippen LogP contribution is 2.41. The normalized spacial score (nSPS) is 19.9. The lowest BCUT2D eigenvalue weighted by atomic mass is 9.88. The summed E-state index contributed by atoms with van der Waals surface area (Å²) >= 11 is 0. The van der Waals surface area contributed by atoms with Crippen molar-refractivity contribution in [3.63, 3.8) is 0 Å². The SMILES string of the molecule is Oc1ccc(C2=C(c3ccc(OC4CCC(CCCF)C4)cc3)c3ccc(O)cc3CCC2)cc1. The van der Waals surface area contributed by atoms with Crippen LogP contribution in [-0.2, 0) is 6.42 Å². The Morgan fingerprint density at radius 2 is 1.57 bits per heavy atom. The monoisotopic (exact) mass is 472 g/mol. The van der Waals surface area contributed by atoms with Gasteiger partial charge in [0.2, 0.25) is 0 Å². The molecule has 0 amide bonds. The van der Waals surface area contributed by atoms with Gasteiger partial charge in [0.25, 0.3) is 0 Å². The lowest BCUT2D eigenvalue weighted by Gasteiger charge is -2.18. The number of allylic oxidation sites excluding steroid dienone is 1. The smallest absolute Gasteiger partial charge is 0.119 e. The fourth-order valence-electron chi connectivity index (χ4n) is 5.71. The molecule has 2 aliphatic rings. The molecule has 0 aliphatic heterocycles. The summed E-state index contributed by atoms with van der Waals surface area (Å²) in [6.45, 7) is -0.228. The van der Waals surface area contributed by atoms with Gasteiger partial charge in [-0.2, -0.15) is 0 Å². The quantitative estimate of drug-likeness (QED) is 0.371. The van der Waals surface area contributed by atoms with Crippen molar-refractivity contribution in [1.29, 1.82) is 0 Å². The van der Waals surface area contributed by atoms with Gasteiger partial charge in [0, 0.05) is 0 Å². The van der Waals surface area contributed by atoms with Gasteiger partial charge >= 0.3 is 0 Å². The Balaban J connectivity index is 1.46. The van der Waals surface area contributed by atoms with E-state index in [-0.39, 0.29) is 18.5 Å². The lowest BCUT2D eigenvalue weighted by molar-refractivity contribution is 0.202. The molecule has 0 radical (unpaired) electrons. The molecule has 0 aromatic heterocycles. The van der Waals surface area contributed by atoms with Crippen molar-refractivity contribution in [1.82, 2.24) is 0 Å². The molecule has 3 nitrogen and oxygen atoms in total. The van der Waals surface area contributed by atoms with E-state index in [2.05, 4.69) is 24.3 Å². The second-order valence-corrected chi connectivity index (χ2v) is 9.87. The molecule has 3 aromatic carbocycles. The summed E-state index contributed by atoms with van der Waals surface area (Å²) in [5.41, 5.74) is 6.92. The van der Waals surface area contributed by atoms with Crippen molar-refractivity contribution in [2.24, 2.45) is 5.92 Å². The summed E-state index contributed by atoms with van der Waals surface area (Å²) < 4.78 is 18.8. The third kappa shape index (κ3) is 5.37. The molecule has 1 fully saturated rings. The molecule has 35 heavy (non-hydrogen) atoms. The van der Waals surface area contributed by atoms with E-state index in [4.69, 9.17) is 4.74 Å². The predicted molar refractivity (Wildman–Crippen MR) is 138 cm³/mol. The van der Waals surface area contributed by atoms with Gasteiger partial charge < -0.3 is 14.9 Å². The highest BCUT2D eigenvalue weighted by molar-refractivity contribution is 6.00. The van der Waals surface area contributed by atoms with Crippen LogP contribution in [0.5, 0.6) is 17.2 Å². The van der Waals surface area contributed by atoms with E-state index < -0.39 is 0 Å². The molecule has 182 valence electrons. The summed E-state index contributed by atoms with van der Waals surface area (Å²) in [6.07, 6.45) is 7.79. The Bertz CT molecular complexity index is 1180. The second kappa shape index (κ2) is 10.6. The molecule has 2 atom stereocenters. The molecule has 2 N–H and O–H groups in total. The zero-order valence-electron chi connectivity index (χ0n) is 20.1. The minimum Gasteiger partial charge on any atom is -0.508 e. The zero-order valence-corrected chi connectivity index (χ0v) is 20.1. The Morgan fingerprint density at radius 1 is 0.829 bits per heavy atom. The van der Waals surface area contributed by atoms with Crippen molar-refractivity contribution in [3.05, 3.63) is 89.0 Å². The number of ether oxygens (including phenoxy) is 1. The molecular formula is C31H33FO3. The third-order valence-corrected chi connectivity index (χ3v) is 7.43. The molecule has 2 aliphatic carbocycles. The first-order valence-corrected chi connectivity index (χ1v) is 12.8. The maximum atomic E-state index is 12.5. The Kier molecular flexibility index (Phi) is 7.08. The highest BCUT2D eigenvalue weighted by atomic mass is 19.1. The second-order valence-electron chi connectivity index (χ2n) is 9.87. The van der Waals surface area contributed by atoms with Crippen molar-refractivity contribution >= 4 is 11.1 Å². The average molecular weight is 473 g/mol. The number of benzene rings is 3. The van der Waals surface area contributed by atoms with Gasteiger partial charge in [-0.1, -0.05) is 30.3 Å². The molecule has 1 saturated carbocycles. The van der Waals surface area contributed by atoms with E-state index in [9.17, 15) is 14.6 Å². The van der Waals surface area contributed by atoms with Crippen molar-refractivity contribution in [2.45, 2.75) is 57.5 Å². The Labute approximate surface area is 206 Å². The van der Waals surface area contributed by atoms with Crippen molar-refractivity contribution in [2.75, 3.05) is 6.67 Å². The number of halogens is 1. The molecule has 5 rings (SSSR count). The average Bonchev–Trinajstić information content (AvgIpc) is 3.22. The summed E-state index contributed by atoms with van der Waals surface area (Å²) in [7, 11) is 0. The van der Waals surface area contributed by atoms with Gasteiger partial charge in [-0.25, -0.2) is 0 Å². The maximum absolute atomic E-state index is 12.5. The van der Waals surface area contributed by atoms with E-state index in [0.29, 0.717) is 18.1 Å². The van der Waals surface area contributed by atoms with Crippen LogP contribution in [-0.4, -0.2) is 23.0 Å². The molecule has 0 saturated heterocycles. The third-order valence-electron chi connectivity index (χ3n) is 7.43. The standard InChI is InChI=1S/C31H33FO3/c32-18-2-3-21-6-14-28(19-21)35-27-15-9-23(10-16-27)31-29(22-7-11-25(33)12-8-22)5-1-4-24-20-26(34)13-17-30(24)31/h7-13,15-17,20-21,28,33-34H,1-6,14,18-19H2. The lowest BCUT2D eigenvalue weighted by Crippen LogP contribution is -2.12. The van der Waals surface area contributed by atoms with Crippen LogP contribution in [0.2, 0.25) is 0 Å². The van der Waals surface area contributed by atoms with Crippen LogP contribution >= 0.6 is 0 Å². The van der Waals surface area contributed by atoms with Gasteiger partial charge in [0.1, 0.15) is 17.2 Å². The van der Waals surface area contributed by atoms with E-state index >= 15 is 0 Å². The van der Waals surface area contributed by atoms with Gasteiger partial charge in [-0.3, -0.25) is 4.39 Å². The largest absolute Gasteiger partial charge is 0.508 e. The van der Waals surface area contributed by atoms with Gasteiger partial charge in [-0.05, 0) is 127 Å². The fraction of sp³-hybridized carbons (Fsp3) is 0.355. The molecule has 0 spiro atoms. The summed E-state index contributed by atoms with van der Waals surface area (Å²) in [6, 6.07) is 21.5. The topological polar surface area (TPSA) is 49.7 Å². The van der Waals surface area contributed by atoms with Crippen LogP contribution in [0.25, 0.3) is 11.1 Å². The molecule has 0 bridgehead atoms. The van der Waals surface area contributed by atoms with E-state index in [1.54, 1.807) is 18.2 Å². The maximum Gasteiger partial charge on any atom is 0.119 e. The van der Waals surface area contributed by atoms with E-state index in [1.807, 2.05) is 24.3 Å². The predicted octanol–water partition coefficient (Wildman–Crippen LogP) is 7.69. The molecule has 4 heteroatoms. The van der Waals surface area contributed by atoms with Crippen LogP contribution in [0.4, 0.5) is 4.39 Å². The number of rotatable bonds is 7. The van der Waals surface area contributed by atoms with E-state index in [0.717, 1.165) is 72.9 Å². The van der Waals surface area contributed by atoms with Crippen molar-refractivity contribution in [3.8, 4) is 17.2 Å². The summed E-state index contributed by atoms with van der Waals surface area (Å²) in [5, 5.41) is 19.9. The number of aromatic hydroxyl groups is 2. The van der Waals surface area contributed by atoms with Crippen LogP contribution in [0.15, 0.2) is 66.7 Å². The van der Waals surface area contributed by atoms with Crippen LogP contribution in [0, 0.1) is 5.92 Å². The first-order chi connectivity index (χ1) is 17.1. The first-order valence-electron chi connectivity index (χ1n) is 12.8. The number of hydrogen-bond donors (Lipinski definition) is 2. The molecule has 2 unspecified atom stereocenters. The van der Waals surface area contributed by atoms with E-state index in [1.165, 1.54) is 11.1 Å². The Morgan fingerprint density at radius 3 is 2.34 bits per heavy atom. The Hall–Kier alpha value is -3.27. The summed E-state index contributed by atoms with van der Waals surface area (Å²) in [4.78, 5) is 0. The molecule has 3 aromatic rings. The molecular weight excluding hydrogens is 439 g/mol. The number of hydrogen-bond acceptors (Lipinski definition) is 3. The zero-order chi connectivity index (χ0) is 24.2.